The lowest BCUT2D eigenvalue weighted by Crippen LogP contribution is -2.51. The Balaban J connectivity index is 0.000000652. The van der Waals surface area contributed by atoms with E-state index in [1.807, 2.05) is 0 Å². The van der Waals surface area contributed by atoms with Crippen molar-refractivity contribution in [1.29, 1.82) is 0 Å². The zero-order chi connectivity index (χ0) is 39.9. The second kappa shape index (κ2) is 16.2. The van der Waals surface area contributed by atoms with Crippen LogP contribution in [0.4, 0.5) is 0 Å². The largest absolute Gasteiger partial charge is 0.0776 e. The molecule has 0 heterocycles. The Kier molecular flexibility index (Phi) is 16.2. The van der Waals surface area contributed by atoms with Crippen molar-refractivity contribution in [2.45, 2.75) is 263 Å². The summed E-state index contributed by atoms with van der Waals surface area (Å²) in [6.07, 6.45) is 20.1. The first-order valence-corrected chi connectivity index (χ1v) is 21.8. The van der Waals surface area contributed by atoms with Crippen LogP contribution < -0.4 is 0 Å². The monoisotopic (exact) mass is 717 g/mol. The van der Waals surface area contributed by atoms with Crippen molar-refractivity contribution >= 4 is 0 Å². The molecule has 0 aliphatic heterocycles. The van der Waals surface area contributed by atoms with Crippen molar-refractivity contribution in [2.75, 3.05) is 0 Å². The molecular weight excluding hydrogens is 613 g/mol. The van der Waals surface area contributed by atoms with E-state index < -0.39 is 0 Å². The number of hydrogen-bond donors (Lipinski definition) is 0. The Morgan fingerprint density at radius 3 is 0.412 bits per heavy atom. The first-order chi connectivity index (χ1) is 21.8. The average molecular weight is 717 g/mol. The third kappa shape index (κ3) is 10.7. The molecule has 0 unspecified atom stereocenters. The van der Waals surface area contributed by atoms with Crippen molar-refractivity contribution in [1.82, 2.24) is 0 Å². The predicted octanol–water partition coefficient (Wildman–Crippen LogP) is 18.4. The van der Waals surface area contributed by atoms with Gasteiger partial charge in [0.1, 0.15) is 0 Å². The standard InChI is InChI=1S/C14H28.C13H26.C12H24.C11H22.CH4/c1-12(2,3)14(13(4,5)6)10-8-7-9-11-14;1-11(2,3)13(12(4,5)6)9-7-8-10-13;1-10(2,3)12(8-7-9-12)11(4,5)6;1-9(2,3)11(7-8-11)10(4,5)6;/h7-11H2,1-6H3;7-10H2,1-6H3;7-9H2,1-6H3;7-8H2,1-6H3;1H4. The van der Waals surface area contributed by atoms with Crippen molar-refractivity contribution in [2.24, 2.45) is 65.0 Å². The molecule has 0 spiro atoms. The summed E-state index contributed by atoms with van der Waals surface area (Å²) in [6.45, 7) is 57.8. The fraction of sp³-hybridized carbons (Fsp3) is 1.00. The molecule has 0 aromatic rings. The van der Waals surface area contributed by atoms with Gasteiger partial charge in [-0.15, -0.1) is 0 Å². The van der Waals surface area contributed by atoms with Crippen LogP contribution in [-0.4, -0.2) is 0 Å². The molecule has 4 saturated carbocycles. The van der Waals surface area contributed by atoms with Gasteiger partial charge in [-0.2, -0.15) is 0 Å². The molecule has 51 heavy (non-hydrogen) atoms. The summed E-state index contributed by atoms with van der Waals surface area (Å²) >= 11 is 0. The van der Waals surface area contributed by atoms with E-state index in [2.05, 4.69) is 166 Å². The van der Waals surface area contributed by atoms with Crippen LogP contribution in [-0.2, 0) is 0 Å². The fourth-order valence-electron chi connectivity index (χ4n) is 13.3. The molecule has 0 nitrogen and oxygen atoms in total. The smallest absolute Gasteiger partial charge is 0.0200 e. The second-order valence-corrected chi connectivity index (χ2v) is 26.4. The highest BCUT2D eigenvalue weighted by molar-refractivity contribution is 5.08. The lowest BCUT2D eigenvalue weighted by atomic mass is 9.45. The van der Waals surface area contributed by atoms with Crippen LogP contribution in [0.15, 0.2) is 0 Å². The molecule has 4 aliphatic carbocycles. The minimum atomic E-state index is 0. The summed E-state index contributed by atoms with van der Waals surface area (Å²) in [7, 11) is 0. The highest BCUT2D eigenvalue weighted by Gasteiger charge is 2.59. The first kappa shape index (κ1) is 51.0. The van der Waals surface area contributed by atoms with Gasteiger partial charge >= 0.3 is 0 Å². The molecule has 0 atom stereocenters. The predicted molar refractivity (Wildman–Crippen MR) is 237 cm³/mol. The molecule has 0 radical (unpaired) electrons. The molecule has 0 bridgehead atoms. The highest BCUT2D eigenvalue weighted by Crippen LogP contribution is 2.68. The Morgan fingerprint density at radius 2 is 0.333 bits per heavy atom. The number of rotatable bonds is 0. The molecule has 0 N–H and O–H groups in total. The zero-order valence-electron chi connectivity index (χ0n) is 39.9. The Hall–Kier alpha value is 0. The van der Waals surface area contributed by atoms with Crippen molar-refractivity contribution in [3.63, 3.8) is 0 Å². The van der Waals surface area contributed by atoms with Crippen LogP contribution in [0.25, 0.3) is 0 Å². The molecule has 0 aromatic heterocycles. The van der Waals surface area contributed by atoms with Gasteiger partial charge in [0, 0.05) is 0 Å². The lowest BCUT2D eigenvalue weighted by molar-refractivity contribution is -0.100. The molecule has 0 amide bonds. The molecule has 0 aromatic carbocycles. The minimum absolute atomic E-state index is 0. The highest BCUT2D eigenvalue weighted by atomic mass is 14.6. The van der Waals surface area contributed by atoms with Crippen molar-refractivity contribution in [3.05, 3.63) is 0 Å². The van der Waals surface area contributed by atoms with Gasteiger partial charge in [0.2, 0.25) is 0 Å². The van der Waals surface area contributed by atoms with E-state index in [1.165, 1.54) is 89.9 Å². The quantitative estimate of drug-likeness (QED) is 0.234. The molecular formula is C51H104. The van der Waals surface area contributed by atoms with Gasteiger partial charge in [-0.3, -0.25) is 0 Å². The molecule has 0 saturated heterocycles. The third-order valence-electron chi connectivity index (χ3n) is 16.6. The van der Waals surface area contributed by atoms with E-state index in [9.17, 15) is 0 Å². The summed E-state index contributed by atoms with van der Waals surface area (Å²) in [4.78, 5) is 0. The van der Waals surface area contributed by atoms with Crippen LogP contribution in [0.1, 0.15) is 263 Å². The van der Waals surface area contributed by atoms with Gasteiger partial charge in [0.25, 0.3) is 0 Å². The maximum absolute atomic E-state index is 2.43. The van der Waals surface area contributed by atoms with Crippen LogP contribution in [0.5, 0.6) is 0 Å². The van der Waals surface area contributed by atoms with E-state index in [0.29, 0.717) is 65.0 Å². The van der Waals surface area contributed by atoms with Gasteiger partial charge in [-0.25, -0.2) is 0 Å². The van der Waals surface area contributed by atoms with Crippen LogP contribution in [0.2, 0.25) is 0 Å². The normalized spacial score (nSPS) is 23.1. The first-order valence-electron chi connectivity index (χ1n) is 21.8. The van der Waals surface area contributed by atoms with E-state index in [-0.39, 0.29) is 7.43 Å². The third-order valence-corrected chi connectivity index (χ3v) is 16.6. The SMILES string of the molecule is C.CC(C)(C)C1(C(C)(C)C)CC1.CC(C)(C)C1(C(C)(C)C)CCC1.CC(C)(C)C1(C(C)(C)C)CCCC1.CC(C)(C)C1(C(C)(C)C)CCCCC1. The molecule has 308 valence electrons. The maximum Gasteiger partial charge on any atom is -0.0200 e. The Bertz CT molecular complexity index is 937. The maximum atomic E-state index is 2.43. The van der Waals surface area contributed by atoms with Gasteiger partial charge in [0.15, 0.2) is 0 Å². The molecule has 4 aliphatic rings. The molecule has 4 fully saturated rings. The number of hydrogen-bond acceptors (Lipinski definition) is 0. The lowest BCUT2D eigenvalue weighted by Gasteiger charge is -2.60. The van der Waals surface area contributed by atoms with Crippen LogP contribution in [0, 0.1) is 65.0 Å². The fourth-order valence-corrected chi connectivity index (χ4v) is 13.3. The second-order valence-electron chi connectivity index (χ2n) is 26.4. The van der Waals surface area contributed by atoms with Gasteiger partial charge < -0.3 is 0 Å². The summed E-state index contributed by atoms with van der Waals surface area (Å²) < 4.78 is 0. The molecule has 4 rings (SSSR count). The van der Waals surface area contributed by atoms with Gasteiger partial charge in [-0.1, -0.05) is 212 Å². The van der Waals surface area contributed by atoms with E-state index in [4.69, 9.17) is 0 Å². The summed E-state index contributed by atoms with van der Waals surface area (Å²) in [5.41, 5.74) is 6.10. The van der Waals surface area contributed by atoms with Crippen molar-refractivity contribution in [3.8, 4) is 0 Å². The van der Waals surface area contributed by atoms with Crippen molar-refractivity contribution < 1.29 is 0 Å². The zero-order valence-corrected chi connectivity index (χ0v) is 39.9. The van der Waals surface area contributed by atoms with E-state index in [1.54, 1.807) is 0 Å². The summed E-state index contributed by atoms with van der Waals surface area (Å²) in [5, 5.41) is 0. The Labute approximate surface area is 327 Å². The topological polar surface area (TPSA) is 0 Å². The molecule has 0 heteroatoms. The van der Waals surface area contributed by atoms with Gasteiger partial charge in [-0.05, 0) is 116 Å². The van der Waals surface area contributed by atoms with Crippen LogP contribution >= 0.6 is 0 Å². The minimum Gasteiger partial charge on any atom is -0.0776 e. The van der Waals surface area contributed by atoms with E-state index >= 15 is 0 Å². The van der Waals surface area contributed by atoms with Gasteiger partial charge in [0.05, 0.1) is 0 Å². The van der Waals surface area contributed by atoms with Crippen LogP contribution in [0.3, 0.4) is 0 Å². The summed E-state index contributed by atoms with van der Waals surface area (Å²) in [5.74, 6) is 0. The van der Waals surface area contributed by atoms with E-state index in [0.717, 1.165) is 0 Å². The average Bonchev–Trinajstić information content (AvgIpc) is 3.51. The summed E-state index contributed by atoms with van der Waals surface area (Å²) in [6, 6.07) is 0. The Morgan fingerprint density at radius 1 is 0.196 bits per heavy atom.